The zero-order chi connectivity index (χ0) is 27.0. The van der Waals surface area contributed by atoms with E-state index in [4.69, 9.17) is 9.72 Å². The Bertz CT molecular complexity index is 1370. The molecule has 0 saturated carbocycles. The predicted octanol–water partition coefficient (Wildman–Crippen LogP) is 2.88. The number of fused-ring (bicyclic) bond motifs is 1. The first-order chi connectivity index (χ1) is 18.1. The number of carbonyl (C=O) groups is 1. The van der Waals surface area contributed by atoms with Crippen molar-refractivity contribution in [2.45, 2.75) is 39.3 Å². The van der Waals surface area contributed by atoms with Crippen LogP contribution in [0, 0.1) is 11.3 Å². The average Bonchev–Trinajstić information content (AvgIpc) is 3.28. The Labute approximate surface area is 223 Å². The molecular formula is C27H35N9O2. The molecule has 2 aliphatic rings. The molecule has 5 heterocycles. The van der Waals surface area contributed by atoms with Crippen LogP contribution in [0.25, 0.3) is 16.9 Å². The number of piperazine rings is 2. The number of aromatic nitrogens is 4. The van der Waals surface area contributed by atoms with Crippen LogP contribution in [0.3, 0.4) is 0 Å². The van der Waals surface area contributed by atoms with Crippen LogP contribution >= 0.6 is 0 Å². The summed E-state index contributed by atoms with van der Waals surface area (Å²) in [5, 5.41) is 10.4. The molecule has 0 aliphatic carbocycles. The number of pyridine rings is 1. The van der Waals surface area contributed by atoms with Gasteiger partial charge < -0.3 is 24.3 Å². The topological polar surface area (TPSA) is 107 Å². The summed E-state index contributed by atoms with van der Waals surface area (Å²) in [7, 11) is 2.14. The molecule has 2 fully saturated rings. The lowest BCUT2D eigenvalue weighted by Gasteiger charge is -2.41. The number of nitriles is 1. The second kappa shape index (κ2) is 10.1. The van der Waals surface area contributed by atoms with Crippen LogP contribution in [0.5, 0.6) is 0 Å². The molecule has 2 saturated heterocycles. The number of ether oxygens (including phenoxy) is 1. The highest BCUT2D eigenvalue weighted by Crippen LogP contribution is 2.37. The fraction of sp³-hybridized carbons (Fsp3) is 0.519. The van der Waals surface area contributed by atoms with Gasteiger partial charge >= 0.3 is 6.09 Å². The Balaban J connectivity index is 1.55. The molecule has 11 nitrogen and oxygen atoms in total. The first-order valence-electron chi connectivity index (χ1n) is 13.1. The maximum absolute atomic E-state index is 12.7. The third-order valence-corrected chi connectivity index (χ3v) is 7.06. The fourth-order valence-corrected chi connectivity index (χ4v) is 5.09. The number of nitrogens with zero attached hydrogens (tertiary/aromatic N) is 9. The second-order valence-corrected chi connectivity index (χ2v) is 11.1. The highest BCUT2D eigenvalue weighted by Gasteiger charge is 2.33. The summed E-state index contributed by atoms with van der Waals surface area (Å²) in [4.78, 5) is 35.5. The van der Waals surface area contributed by atoms with E-state index in [1.165, 1.54) is 0 Å². The molecule has 0 unspecified atom stereocenters. The van der Waals surface area contributed by atoms with Gasteiger partial charge in [0.05, 0.1) is 22.7 Å². The largest absolute Gasteiger partial charge is 0.444 e. The Morgan fingerprint density at radius 2 is 1.87 bits per heavy atom. The number of hydrogen-bond donors (Lipinski definition) is 0. The van der Waals surface area contributed by atoms with Crippen LogP contribution in [0.15, 0.2) is 30.9 Å². The van der Waals surface area contributed by atoms with E-state index >= 15 is 0 Å². The first-order valence-corrected chi connectivity index (χ1v) is 13.1. The Hall–Kier alpha value is -3.91. The highest BCUT2D eigenvalue weighted by atomic mass is 16.6. The minimum absolute atomic E-state index is 0.0260. The van der Waals surface area contributed by atoms with E-state index in [9.17, 15) is 10.1 Å². The Kier molecular flexibility index (Phi) is 6.84. The number of anilines is 2. The number of hydrogen-bond acceptors (Lipinski definition) is 9. The predicted molar refractivity (Wildman–Crippen MR) is 146 cm³/mol. The SMILES string of the molecule is C[C@H]1CN(C(=O)OC(C)(C)C)CCN1c1ncnc2c1c(N1CCN(C)CC1)cn2-c1cc(C#N)ccn1. The van der Waals surface area contributed by atoms with Gasteiger partial charge in [0.15, 0.2) is 5.65 Å². The Morgan fingerprint density at radius 1 is 1.11 bits per heavy atom. The molecule has 3 aromatic rings. The normalized spacial score (nSPS) is 19.1. The lowest BCUT2D eigenvalue weighted by Crippen LogP contribution is -2.55. The maximum Gasteiger partial charge on any atom is 0.410 e. The molecule has 11 heteroatoms. The molecule has 0 spiro atoms. The van der Waals surface area contributed by atoms with Crippen molar-refractivity contribution < 1.29 is 9.53 Å². The third-order valence-electron chi connectivity index (χ3n) is 7.06. The van der Waals surface area contributed by atoms with E-state index in [1.54, 1.807) is 29.6 Å². The standard InChI is InChI=1S/C27H35N9O2/c1-19-16-34(26(37)38-27(2,3)4)12-13-35(19)24-23-21(33-10-8-32(5)9-11-33)17-36(25(23)31-18-30-24)22-14-20(15-28)6-7-29-22/h6-7,14,17-19H,8-13,16H2,1-5H3/t19-/m0/s1. The van der Waals surface area contributed by atoms with Gasteiger partial charge in [0.25, 0.3) is 0 Å². The van der Waals surface area contributed by atoms with Gasteiger partial charge in [0, 0.05) is 64.2 Å². The maximum atomic E-state index is 12.7. The fourth-order valence-electron chi connectivity index (χ4n) is 5.09. The van der Waals surface area contributed by atoms with Gasteiger partial charge in [-0.15, -0.1) is 0 Å². The zero-order valence-corrected chi connectivity index (χ0v) is 22.8. The van der Waals surface area contributed by atoms with Gasteiger partial charge in [-0.3, -0.25) is 4.57 Å². The van der Waals surface area contributed by atoms with Crippen LogP contribution in [-0.2, 0) is 4.74 Å². The smallest absolute Gasteiger partial charge is 0.410 e. The van der Waals surface area contributed by atoms with Crippen molar-refractivity contribution in [2.24, 2.45) is 0 Å². The quantitative estimate of drug-likeness (QED) is 0.518. The van der Waals surface area contributed by atoms with E-state index in [0.29, 0.717) is 31.0 Å². The van der Waals surface area contributed by atoms with Crippen molar-refractivity contribution in [3.05, 3.63) is 36.4 Å². The van der Waals surface area contributed by atoms with E-state index in [2.05, 4.69) is 50.9 Å². The lowest BCUT2D eigenvalue weighted by atomic mass is 10.1. The third kappa shape index (κ3) is 5.09. The number of rotatable bonds is 3. The second-order valence-electron chi connectivity index (χ2n) is 11.1. The summed E-state index contributed by atoms with van der Waals surface area (Å²) in [6.07, 6.45) is 5.02. The average molecular weight is 518 g/mol. The summed E-state index contributed by atoms with van der Waals surface area (Å²) < 4.78 is 7.57. The number of likely N-dealkylation sites (N-methyl/N-ethyl adjacent to an activating group) is 1. The molecule has 0 aromatic carbocycles. The molecule has 1 amide bonds. The minimum atomic E-state index is -0.534. The van der Waals surface area contributed by atoms with Crippen molar-refractivity contribution in [3.63, 3.8) is 0 Å². The van der Waals surface area contributed by atoms with Crippen molar-refractivity contribution in [1.82, 2.24) is 29.3 Å². The molecule has 200 valence electrons. The van der Waals surface area contributed by atoms with Crippen LogP contribution in [0.2, 0.25) is 0 Å². The van der Waals surface area contributed by atoms with Crippen LogP contribution in [-0.4, -0.2) is 99.9 Å². The lowest BCUT2D eigenvalue weighted by molar-refractivity contribution is 0.0218. The van der Waals surface area contributed by atoms with Crippen molar-refractivity contribution in [2.75, 3.05) is 62.7 Å². The first kappa shape index (κ1) is 25.7. The van der Waals surface area contributed by atoms with E-state index in [-0.39, 0.29) is 12.1 Å². The molecular weight excluding hydrogens is 482 g/mol. The van der Waals surface area contributed by atoms with Crippen LogP contribution < -0.4 is 9.80 Å². The minimum Gasteiger partial charge on any atom is -0.444 e. The zero-order valence-electron chi connectivity index (χ0n) is 22.8. The summed E-state index contributed by atoms with van der Waals surface area (Å²) in [5.74, 6) is 1.48. The van der Waals surface area contributed by atoms with Crippen LogP contribution in [0.1, 0.15) is 33.3 Å². The summed E-state index contributed by atoms with van der Waals surface area (Å²) in [6, 6.07) is 5.70. The van der Waals surface area contributed by atoms with E-state index in [0.717, 1.165) is 48.7 Å². The van der Waals surface area contributed by atoms with Gasteiger partial charge in [-0.1, -0.05) is 0 Å². The molecule has 1 atom stereocenters. The molecule has 0 N–H and O–H groups in total. The van der Waals surface area contributed by atoms with E-state index < -0.39 is 5.60 Å². The molecule has 38 heavy (non-hydrogen) atoms. The monoisotopic (exact) mass is 517 g/mol. The molecule has 0 bridgehead atoms. The van der Waals surface area contributed by atoms with Gasteiger partial charge in [-0.25, -0.2) is 19.7 Å². The van der Waals surface area contributed by atoms with Crippen molar-refractivity contribution in [3.8, 4) is 11.9 Å². The number of carbonyl (C=O) groups excluding carboxylic acids is 1. The number of amides is 1. The van der Waals surface area contributed by atoms with Crippen molar-refractivity contribution in [1.29, 1.82) is 5.26 Å². The highest BCUT2D eigenvalue weighted by molar-refractivity contribution is 6.00. The van der Waals surface area contributed by atoms with Gasteiger partial charge in [0.2, 0.25) is 0 Å². The molecule has 3 aromatic heterocycles. The van der Waals surface area contributed by atoms with Crippen molar-refractivity contribution >= 4 is 28.6 Å². The summed E-state index contributed by atoms with van der Waals surface area (Å²) in [6.45, 7) is 13.2. The summed E-state index contributed by atoms with van der Waals surface area (Å²) in [5.41, 5.74) is 1.80. The van der Waals surface area contributed by atoms with Crippen LogP contribution in [0.4, 0.5) is 16.3 Å². The molecule has 2 aliphatic heterocycles. The molecule has 5 rings (SSSR count). The van der Waals surface area contributed by atoms with E-state index in [1.807, 2.05) is 25.3 Å². The van der Waals surface area contributed by atoms with Gasteiger partial charge in [0.1, 0.15) is 23.6 Å². The summed E-state index contributed by atoms with van der Waals surface area (Å²) >= 11 is 0. The van der Waals surface area contributed by atoms with Gasteiger partial charge in [-0.2, -0.15) is 5.26 Å². The Morgan fingerprint density at radius 3 is 2.55 bits per heavy atom. The van der Waals surface area contributed by atoms with Gasteiger partial charge in [-0.05, 0) is 46.9 Å². The molecule has 0 radical (unpaired) electrons.